The molecule has 0 spiro atoms. The highest BCUT2D eigenvalue weighted by molar-refractivity contribution is 5.10. The second-order valence-corrected chi connectivity index (χ2v) is 10.4. The van der Waals surface area contributed by atoms with Crippen LogP contribution in [0.2, 0.25) is 0 Å². The second-order valence-electron chi connectivity index (χ2n) is 10.4. The Kier molecular flexibility index (Phi) is 3.91. The van der Waals surface area contributed by atoms with Gasteiger partial charge in [-0.3, -0.25) is 0 Å². The molecule has 0 bridgehead atoms. The summed E-state index contributed by atoms with van der Waals surface area (Å²) in [6.45, 7) is 10.2. The average Bonchev–Trinajstić information content (AvgIpc) is 2.52. The first-order valence-corrected chi connectivity index (χ1v) is 10.6. The molecule has 0 aliphatic heterocycles. The summed E-state index contributed by atoms with van der Waals surface area (Å²) >= 11 is 0. The van der Waals surface area contributed by atoms with E-state index in [0.29, 0.717) is 16.7 Å². The minimum Gasteiger partial charge on any atom is -0.393 e. The normalized spacial score (nSPS) is 59.6. The third-order valence-corrected chi connectivity index (χ3v) is 9.71. The maximum absolute atomic E-state index is 10.4. The molecule has 0 heterocycles. The van der Waals surface area contributed by atoms with Crippen LogP contribution in [-0.2, 0) is 0 Å². The van der Waals surface area contributed by atoms with Crippen LogP contribution in [0.5, 0.6) is 0 Å². The van der Waals surface area contributed by atoms with Crippen LogP contribution in [0.3, 0.4) is 0 Å². The molecule has 0 radical (unpaired) electrons. The van der Waals surface area contributed by atoms with Gasteiger partial charge in [0.15, 0.2) is 0 Å². The van der Waals surface area contributed by atoms with Crippen LogP contribution in [0, 0.1) is 46.3 Å². The quantitative estimate of drug-likeness (QED) is 0.611. The number of rotatable bonds is 0. The van der Waals surface area contributed by atoms with E-state index in [0.717, 1.165) is 36.0 Å². The van der Waals surface area contributed by atoms with Crippen LogP contribution < -0.4 is 0 Å². The van der Waals surface area contributed by atoms with E-state index in [1.807, 2.05) is 0 Å². The monoisotopic (exact) mass is 318 g/mol. The Morgan fingerprint density at radius 3 is 2.26 bits per heavy atom. The van der Waals surface area contributed by atoms with Gasteiger partial charge in [0.1, 0.15) is 0 Å². The van der Waals surface area contributed by atoms with Gasteiger partial charge in [0.25, 0.3) is 0 Å². The summed E-state index contributed by atoms with van der Waals surface area (Å²) in [7, 11) is 0. The van der Waals surface area contributed by atoms with Gasteiger partial charge < -0.3 is 5.11 Å². The van der Waals surface area contributed by atoms with Crippen LogP contribution in [0.15, 0.2) is 0 Å². The van der Waals surface area contributed by atoms with Gasteiger partial charge in [0.05, 0.1) is 6.10 Å². The zero-order valence-corrected chi connectivity index (χ0v) is 15.9. The molecule has 0 amide bonds. The van der Waals surface area contributed by atoms with E-state index in [-0.39, 0.29) is 6.10 Å². The Morgan fingerprint density at radius 2 is 1.48 bits per heavy atom. The highest BCUT2D eigenvalue weighted by atomic mass is 16.3. The molecule has 0 aromatic carbocycles. The van der Waals surface area contributed by atoms with E-state index in [4.69, 9.17) is 0 Å². The molecule has 0 saturated heterocycles. The Balaban J connectivity index is 1.67. The molecule has 4 rings (SSSR count). The summed E-state index contributed by atoms with van der Waals surface area (Å²) in [5, 5.41) is 10.4. The number of aliphatic hydroxyl groups is 1. The molecule has 0 aromatic heterocycles. The van der Waals surface area contributed by atoms with E-state index in [1.54, 1.807) is 0 Å². The first kappa shape index (κ1) is 16.4. The van der Waals surface area contributed by atoms with Crippen molar-refractivity contribution in [1.82, 2.24) is 0 Å². The van der Waals surface area contributed by atoms with Crippen molar-refractivity contribution in [3.63, 3.8) is 0 Å². The lowest BCUT2D eigenvalue weighted by atomic mass is 9.39. The highest BCUT2D eigenvalue weighted by Crippen LogP contribution is 2.68. The maximum atomic E-state index is 10.4. The lowest BCUT2D eigenvalue weighted by Gasteiger charge is -2.66. The zero-order valence-electron chi connectivity index (χ0n) is 15.9. The molecular weight excluding hydrogens is 280 g/mol. The topological polar surface area (TPSA) is 20.2 Å². The standard InChI is InChI=1S/C22H38O/c1-14-6-5-7-18-16(14)8-9-20-21(3)13-11-19(23)15(2)17(21)10-12-22(18,20)4/h14-20,23H,5-13H2,1-4H3/t14?,15-,16-,17?,18?,19+,20?,21+,22+/m1/s1. The van der Waals surface area contributed by atoms with Crippen molar-refractivity contribution in [2.45, 2.75) is 91.6 Å². The van der Waals surface area contributed by atoms with Crippen molar-refractivity contribution >= 4 is 0 Å². The van der Waals surface area contributed by atoms with Gasteiger partial charge in [0.2, 0.25) is 0 Å². The summed E-state index contributed by atoms with van der Waals surface area (Å²) in [5.74, 6) is 5.16. The second kappa shape index (κ2) is 5.48. The summed E-state index contributed by atoms with van der Waals surface area (Å²) in [6.07, 6.45) is 12.5. The molecule has 0 aromatic rings. The molecule has 1 nitrogen and oxygen atoms in total. The molecule has 4 unspecified atom stereocenters. The van der Waals surface area contributed by atoms with Gasteiger partial charge >= 0.3 is 0 Å². The van der Waals surface area contributed by atoms with E-state index in [1.165, 1.54) is 51.4 Å². The molecule has 1 N–H and O–H groups in total. The molecule has 4 aliphatic rings. The van der Waals surface area contributed by atoms with Crippen molar-refractivity contribution in [2.24, 2.45) is 46.3 Å². The SMILES string of the molecule is CC1CCCC2[C@@H]1CCC1[C@@]2(C)CCC2[C@@H](C)[C@@H](O)CC[C@@]21C. The van der Waals surface area contributed by atoms with Crippen molar-refractivity contribution in [2.75, 3.05) is 0 Å². The number of fused-ring (bicyclic) bond motifs is 5. The average molecular weight is 319 g/mol. The van der Waals surface area contributed by atoms with Gasteiger partial charge in [-0.25, -0.2) is 0 Å². The molecule has 9 atom stereocenters. The van der Waals surface area contributed by atoms with Gasteiger partial charge in [-0.2, -0.15) is 0 Å². The maximum Gasteiger partial charge on any atom is 0.0568 e. The van der Waals surface area contributed by atoms with Gasteiger partial charge in [-0.15, -0.1) is 0 Å². The Labute approximate surface area is 143 Å². The molecule has 4 fully saturated rings. The highest BCUT2D eigenvalue weighted by Gasteiger charge is 2.61. The number of hydrogen-bond acceptors (Lipinski definition) is 1. The Hall–Kier alpha value is -0.0400. The van der Waals surface area contributed by atoms with Crippen molar-refractivity contribution in [3.05, 3.63) is 0 Å². The Morgan fingerprint density at radius 1 is 0.783 bits per heavy atom. The minimum absolute atomic E-state index is 0.0385. The van der Waals surface area contributed by atoms with Crippen LogP contribution in [0.1, 0.15) is 85.5 Å². The fourth-order valence-electron chi connectivity index (χ4n) is 8.45. The van der Waals surface area contributed by atoms with Gasteiger partial charge in [-0.05, 0) is 91.3 Å². The lowest BCUT2D eigenvalue weighted by molar-refractivity contribution is -0.185. The Bertz CT molecular complexity index is 459. The first-order valence-electron chi connectivity index (χ1n) is 10.6. The molecule has 4 saturated carbocycles. The number of hydrogen-bond donors (Lipinski definition) is 1. The molecule has 23 heavy (non-hydrogen) atoms. The third kappa shape index (κ3) is 2.21. The van der Waals surface area contributed by atoms with E-state index in [9.17, 15) is 5.11 Å². The van der Waals surface area contributed by atoms with Crippen molar-refractivity contribution in [1.29, 1.82) is 0 Å². The number of aliphatic hydroxyl groups excluding tert-OH is 1. The minimum atomic E-state index is -0.0385. The predicted octanol–water partition coefficient (Wildman–Crippen LogP) is 5.66. The van der Waals surface area contributed by atoms with Crippen LogP contribution in [0.4, 0.5) is 0 Å². The van der Waals surface area contributed by atoms with Crippen LogP contribution in [-0.4, -0.2) is 11.2 Å². The first-order chi connectivity index (χ1) is 10.9. The molecule has 4 aliphatic carbocycles. The summed E-state index contributed by atoms with van der Waals surface area (Å²) in [6, 6.07) is 0. The third-order valence-electron chi connectivity index (χ3n) is 9.71. The van der Waals surface area contributed by atoms with Gasteiger partial charge in [-0.1, -0.05) is 40.5 Å². The summed E-state index contributed by atoms with van der Waals surface area (Å²) in [5.41, 5.74) is 1.09. The fourth-order valence-corrected chi connectivity index (χ4v) is 8.45. The van der Waals surface area contributed by atoms with Gasteiger partial charge in [0, 0.05) is 0 Å². The van der Waals surface area contributed by atoms with E-state index in [2.05, 4.69) is 27.7 Å². The molecular formula is C22H38O. The van der Waals surface area contributed by atoms with Crippen LogP contribution >= 0.6 is 0 Å². The van der Waals surface area contributed by atoms with Crippen molar-refractivity contribution in [3.8, 4) is 0 Å². The largest absolute Gasteiger partial charge is 0.393 e. The predicted molar refractivity (Wildman–Crippen MR) is 96.1 cm³/mol. The van der Waals surface area contributed by atoms with E-state index < -0.39 is 0 Å². The molecule has 1 heteroatoms. The van der Waals surface area contributed by atoms with Crippen LogP contribution in [0.25, 0.3) is 0 Å². The smallest absolute Gasteiger partial charge is 0.0568 e. The fraction of sp³-hybridized carbons (Fsp3) is 1.00. The van der Waals surface area contributed by atoms with Crippen molar-refractivity contribution < 1.29 is 5.11 Å². The summed E-state index contributed by atoms with van der Waals surface area (Å²) < 4.78 is 0. The zero-order chi connectivity index (χ0) is 16.4. The lowest BCUT2D eigenvalue weighted by Crippen LogP contribution is -2.60. The molecule has 132 valence electrons. The van der Waals surface area contributed by atoms with E-state index >= 15 is 0 Å². The summed E-state index contributed by atoms with van der Waals surface area (Å²) in [4.78, 5) is 0.